The second-order valence-electron chi connectivity index (χ2n) is 3.31. The van der Waals surface area contributed by atoms with E-state index in [4.69, 9.17) is 0 Å². The van der Waals surface area contributed by atoms with Crippen LogP contribution in [-0.4, -0.2) is 6.54 Å². The highest BCUT2D eigenvalue weighted by molar-refractivity contribution is 14.1. The molecule has 0 bridgehead atoms. The quantitative estimate of drug-likeness (QED) is 0.764. The molecule has 1 aliphatic rings. The Morgan fingerprint density at radius 3 is 3.00 bits per heavy atom. The lowest BCUT2D eigenvalue weighted by Crippen LogP contribution is -2.13. The summed E-state index contributed by atoms with van der Waals surface area (Å²) in [4.78, 5) is 0. The molecule has 1 aromatic rings. The molecular formula is C10H11BrIN. The van der Waals surface area contributed by atoms with E-state index in [0.717, 1.165) is 6.54 Å². The van der Waals surface area contributed by atoms with Crippen molar-refractivity contribution in [2.45, 2.75) is 18.9 Å². The van der Waals surface area contributed by atoms with E-state index < -0.39 is 0 Å². The van der Waals surface area contributed by atoms with Crippen LogP contribution in [-0.2, 0) is 0 Å². The zero-order chi connectivity index (χ0) is 9.26. The average Bonchev–Trinajstić information content (AvgIpc) is 2.61. The van der Waals surface area contributed by atoms with E-state index in [1.165, 1.54) is 26.4 Å². The van der Waals surface area contributed by atoms with Crippen LogP contribution in [0, 0.1) is 3.57 Å². The minimum atomic E-state index is 0.574. The highest BCUT2D eigenvalue weighted by Crippen LogP contribution is 2.29. The number of hydrogen-bond acceptors (Lipinski definition) is 1. The number of halogens is 2. The summed E-state index contributed by atoms with van der Waals surface area (Å²) in [5, 5.41) is 3.52. The van der Waals surface area contributed by atoms with Gasteiger partial charge in [0.2, 0.25) is 0 Å². The Bertz CT molecular complexity index is 308. The second kappa shape index (κ2) is 4.28. The van der Waals surface area contributed by atoms with Crippen LogP contribution in [0.2, 0.25) is 0 Å². The molecule has 0 aromatic heterocycles. The molecule has 13 heavy (non-hydrogen) atoms. The molecule has 1 saturated heterocycles. The molecule has 1 aromatic carbocycles. The van der Waals surface area contributed by atoms with E-state index in [2.05, 4.69) is 62.0 Å². The highest BCUT2D eigenvalue weighted by atomic mass is 127. The van der Waals surface area contributed by atoms with Crippen molar-refractivity contribution < 1.29 is 0 Å². The first-order chi connectivity index (χ1) is 6.27. The van der Waals surface area contributed by atoms with Crippen molar-refractivity contribution in [1.82, 2.24) is 5.32 Å². The molecule has 0 aliphatic carbocycles. The fourth-order valence-electron chi connectivity index (χ4n) is 1.73. The van der Waals surface area contributed by atoms with Gasteiger partial charge in [0.25, 0.3) is 0 Å². The molecular weight excluding hydrogens is 341 g/mol. The molecule has 2 rings (SSSR count). The van der Waals surface area contributed by atoms with Crippen LogP contribution < -0.4 is 5.32 Å². The van der Waals surface area contributed by atoms with Crippen molar-refractivity contribution in [3.05, 3.63) is 31.8 Å². The maximum absolute atomic E-state index is 3.52. The SMILES string of the molecule is Brc1ccc(I)c(C2CCCN2)c1. The second-order valence-corrected chi connectivity index (χ2v) is 5.39. The van der Waals surface area contributed by atoms with Gasteiger partial charge in [0.1, 0.15) is 0 Å². The molecule has 0 spiro atoms. The van der Waals surface area contributed by atoms with Gasteiger partial charge in [0.05, 0.1) is 0 Å². The van der Waals surface area contributed by atoms with Gasteiger partial charge in [-0.1, -0.05) is 15.9 Å². The highest BCUT2D eigenvalue weighted by Gasteiger charge is 2.18. The van der Waals surface area contributed by atoms with Crippen molar-refractivity contribution in [2.75, 3.05) is 6.54 Å². The lowest BCUT2D eigenvalue weighted by molar-refractivity contribution is 0.644. The average molecular weight is 352 g/mol. The van der Waals surface area contributed by atoms with Gasteiger partial charge in [0, 0.05) is 14.1 Å². The maximum Gasteiger partial charge on any atom is 0.0331 e. The molecule has 3 heteroatoms. The number of nitrogens with one attached hydrogen (secondary N) is 1. The molecule has 1 unspecified atom stereocenters. The molecule has 1 nitrogen and oxygen atoms in total. The third-order valence-electron chi connectivity index (χ3n) is 2.39. The van der Waals surface area contributed by atoms with Crippen LogP contribution in [0.1, 0.15) is 24.4 Å². The van der Waals surface area contributed by atoms with E-state index in [9.17, 15) is 0 Å². The standard InChI is InChI=1S/C10H11BrIN/c11-7-3-4-9(12)8(6-7)10-2-1-5-13-10/h3-4,6,10,13H,1-2,5H2. The number of hydrogen-bond donors (Lipinski definition) is 1. The van der Waals surface area contributed by atoms with Gasteiger partial charge in [-0.05, 0) is 65.7 Å². The van der Waals surface area contributed by atoms with Crippen molar-refractivity contribution in [3.8, 4) is 0 Å². The topological polar surface area (TPSA) is 12.0 Å². The normalized spacial score (nSPS) is 22.2. The molecule has 1 N–H and O–H groups in total. The Hall–Kier alpha value is 0.390. The minimum Gasteiger partial charge on any atom is -0.310 e. The Balaban J connectivity index is 2.32. The zero-order valence-electron chi connectivity index (χ0n) is 7.19. The van der Waals surface area contributed by atoms with Crippen LogP contribution in [0.3, 0.4) is 0 Å². The third-order valence-corrected chi connectivity index (χ3v) is 3.87. The van der Waals surface area contributed by atoms with E-state index >= 15 is 0 Å². The molecule has 1 fully saturated rings. The smallest absolute Gasteiger partial charge is 0.0331 e. The lowest BCUT2D eigenvalue weighted by Gasteiger charge is -2.12. The fourth-order valence-corrected chi connectivity index (χ4v) is 2.82. The fraction of sp³-hybridized carbons (Fsp3) is 0.400. The summed E-state index contributed by atoms with van der Waals surface area (Å²) < 4.78 is 2.54. The van der Waals surface area contributed by atoms with Crippen molar-refractivity contribution in [1.29, 1.82) is 0 Å². The first-order valence-corrected chi connectivity index (χ1v) is 6.33. The summed E-state index contributed by atoms with van der Waals surface area (Å²) in [6.07, 6.45) is 2.57. The molecule has 0 amide bonds. The van der Waals surface area contributed by atoms with Gasteiger partial charge < -0.3 is 5.32 Å². The Labute approximate surface area is 101 Å². The molecule has 0 radical (unpaired) electrons. The largest absolute Gasteiger partial charge is 0.310 e. The summed E-state index contributed by atoms with van der Waals surface area (Å²) in [6, 6.07) is 7.06. The van der Waals surface area contributed by atoms with Gasteiger partial charge in [-0.3, -0.25) is 0 Å². The zero-order valence-corrected chi connectivity index (χ0v) is 10.9. The van der Waals surface area contributed by atoms with E-state index in [1.807, 2.05) is 0 Å². The summed E-state index contributed by atoms with van der Waals surface area (Å²) in [5.41, 5.74) is 1.44. The number of benzene rings is 1. The van der Waals surface area contributed by atoms with E-state index in [-0.39, 0.29) is 0 Å². The van der Waals surface area contributed by atoms with Crippen LogP contribution >= 0.6 is 38.5 Å². The Kier molecular flexibility index (Phi) is 3.26. The summed E-state index contributed by atoms with van der Waals surface area (Å²) in [6.45, 7) is 1.16. The van der Waals surface area contributed by atoms with Gasteiger partial charge in [-0.25, -0.2) is 0 Å². The van der Waals surface area contributed by atoms with Gasteiger partial charge in [-0.15, -0.1) is 0 Å². The van der Waals surface area contributed by atoms with Crippen LogP contribution in [0.4, 0.5) is 0 Å². The van der Waals surface area contributed by atoms with Gasteiger partial charge in [-0.2, -0.15) is 0 Å². The summed E-state index contributed by atoms with van der Waals surface area (Å²) >= 11 is 5.92. The predicted molar refractivity (Wildman–Crippen MR) is 66.8 cm³/mol. The molecule has 70 valence electrons. The first kappa shape index (κ1) is 9.93. The van der Waals surface area contributed by atoms with Crippen LogP contribution in [0.5, 0.6) is 0 Å². The van der Waals surface area contributed by atoms with Crippen LogP contribution in [0.25, 0.3) is 0 Å². The van der Waals surface area contributed by atoms with E-state index in [1.54, 1.807) is 0 Å². The van der Waals surface area contributed by atoms with Crippen molar-refractivity contribution >= 4 is 38.5 Å². The molecule has 1 heterocycles. The molecule has 0 saturated carbocycles. The molecule has 1 atom stereocenters. The summed E-state index contributed by atoms with van der Waals surface area (Å²) in [7, 11) is 0. The van der Waals surface area contributed by atoms with Crippen LogP contribution in [0.15, 0.2) is 22.7 Å². The van der Waals surface area contributed by atoms with Gasteiger partial charge in [0.15, 0.2) is 0 Å². The Morgan fingerprint density at radius 2 is 2.31 bits per heavy atom. The number of rotatable bonds is 1. The minimum absolute atomic E-state index is 0.574. The maximum atomic E-state index is 3.52. The molecule has 1 aliphatic heterocycles. The third kappa shape index (κ3) is 2.25. The van der Waals surface area contributed by atoms with E-state index in [0.29, 0.717) is 6.04 Å². The van der Waals surface area contributed by atoms with Crippen molar-refractivity contribution in [3.63, 3.8) is 0 Å². The monoisotopic (exact) mass is 351 g/mol. The summed E-state index contributed by atoms with van der Waals surface area (Å²) in [5.74, 6) is 0. The Morgan fingerprint density at radius 1 is 1.46 bits per heavy atom. The first-order valence-electron chi connectivity index (χ1n) is 4.46. The van der Waals surface area contributed by atoms with Gasteiger partial charge >= 0.3 is 0 Å². The predicted octanol–water partition coefficient (Wildman–Crippen LogP) is 3.48. The van der Waals surface area contributed by atoms with Crippen molar-refractivity contribution in [2.24, 2.45) is 0 Å². The lowest BCUT2D eigenvalue weighted by atomic mass is 10.1.